The molecule has 0 aromatic carbocycles. The van der Waals surface area contributed by atoms with E-state index in [1.807, 2.05) is 5.73 Å². The molecule has 0 saturated carbocycles. The van der Waals surface area contributed by atoms with Crippen LogP contribution in [0.2, 0.25) is 0 Å². The van der Waals surface area contributed by atoms with E-state index in [0.29, 0.717) is 6.08 Å². The number of hydrogen-bond donors (Lipinski definition) is 0. The highest BCUT2D eigenvalue weighted by Gasteiger charge is 2.14. The Balaban J connectivity index is 3.63. The zero-order chi connectivity index (χ0) is 6.57. The lowest BCUT2D eigenvalue weighted by atomic mass is 10.4. The van der Waals surface area contributed by atoms with Gasteiger partial charge in [0.05, 0.1) is 0 Å². The van der Waals surface area contributed by atoms with Crippen molar-refractivity contribution >= 4 is 0 Å². The van der Waals surface area contributed by atoms with Gasteiger partial charge in [-0.05, 0) is 6.08 Å². The van der Waals surface area contributed by atoms with Crippen LogP contribution in [0.3, 0.4) is 0 Å². The number of alkyl halides is 3. The summed E-state index contributed by atoms with van der Waals surface area (Å²) in [5, 5.41) is 0. The number of rotatable bonds is 2. The van der Waals surface area contributed by atoms with Gasteiger partial charge in [0, 0.05) is 0 Å². The van der Waals surface area contributed by atoms with Crippen LogP contribution in [0.4, 0.5) is 13.2 Å². The Morgan fingerprint density at radius 2 is 1.88 bits per heavy atom. The molecule has 1 atom stereocenters. The molecule has 0 aliphatic heterocycles. The van der Waals surface area contributed by atoms with Crippen molar-refractivity contribution in [1.82, 2.24) is 0 Å². The molecule has 0 radical (unpaired) electrons. The zero-order valence-corrected chi connectivity index (χ0v) is 4.07. The van der Waals surface area contributed by atoms with Crippen LogP contribution in [0, 0.1) is 0 Å². The van der Waals surface area contributed by atoms with Gasteiger partial charge >= 0.3 is 0 Å². The zero-order valence-electron chi connectivity index (χ0n) is 4.07. The third kappa shape index (κ3) is 2.48. The van der Waals surface area contributed by atoms with Gasteiger partial charge in [-0.1, -0.05) is 6.58 Å². The molecular weight excluding hydrogens is 117 g/mol. The van der Waals surface area contributed by atoms with Crippen molar-refractivity contribution in [3.8, 4) is 0 Å². The first-order chi connectivity index (χ1) is 3.68. The quantitative estimate of drug-likeness (QED) is 0.491. The molecule has 0 aromatic rings. The molecule has 0 bridgehead atoms. The molecule has 0 nitrogen and oxygen atoms in total. The van der Waals surface area contributed by atoms with Gasteiger partial charge in [0.2, 0.25) is 0 Å². The van der Waals surface area contributed by atoms with Gasteiger partial charge < -0.3 is 0 Å². The lowest BCUT2D eigenvalue weighted by molar-refractivity contribution is 0.0751. The maximum absolute atomic E-state index is 11.6. The Morgan fingerprint density at radius 3 is 2.00 bits per heavy atom. The fourth-order valence-electron chi connectivity index (χ4n) is 0.185. The van der Waals surface area contributed by atoms with Crippen molar-refractivity contribution in [2.75, 3.05) is 0 Å². The first-order valence-corrected chi connectivity index (χ1v) is 1.96. The van der Waals surface area contributed by atoms with Crippen LogP contribution in [0.15, 0.2) is 18.4 Å². The summed E-state index contributed by atoms with van der Waals surface area (Å²) in [5.41, 5.74) is 1.92. The van der Waals surface area contributed by atoms with E-state index in [4.69, 9.17) is 0 Å². The van der Waals surface area contributed by atoms with Crippen molar-refractivity contribution in [1.29, 1.82) is 0 Å². The second-order valence-corrected chi connectivity index (χ2v) is 1.15. The first kappa shape index (κ1) is 7.31. The highest BCUT2D eigenvalue weighted by Crippen LogP contribution is 2.04. The minimum absolute atomic E-state index is 0.588. The van der Waals surface area contributed by atoms with Crippen LogP contribution in [-0.2, 0) is 0 Å². The lowest BCUT2D eigenvalue weighted by Crippen LogP contribution is -2.06. The van der Waals surface area contributed by atoms with Gasteiger partial charge in [-0.2, -0.15) is 0 Å². The van der Waals surface area contributed by atoms with Crippen LogP contribution >= 0.6 is 0 Å². The topological polar surface area (TPSA) is 0 Å². The number of allylic oxidation sites excluding steroid dienone is 1. The van der Waals surface area contributed by atoms with E-state index in [1.54, 1.807) is 0 Å². The van der Waals surface area contributed by atoms with E-state index in [1.165, 1.54) is 0 Å². The minimum atomic E-state index is -2.95. The Bertz CT molecular complexity index is 102. The number of halogens is 3. The number of hydrogen-bond acceptors (Lipinski definition) is 0. The van der Waals surface area contributed by atoms with Gasteiger partial charge in [0.15, 0.2) is 6.17 Å². The molecule has 0 aromatic heterocycles. The second kappa shape index (κ2) is 3.33. The molecule has 8 heavy (non-hydrogen) atoms. The summed E-state index contributed by atoms with van der Waals surface area (Å²) in [6.45, 7) is 2.93. The summed E-state index contributed by atoms with van der Waals surface area (Å²) in [4.78, 5) is 0. The van der Waals surface area contributed by atoms with E-state index >= 15 is 0 Å². The standard InChI is InChI=1S/C5H5F3/c1-2-3-4(6)5(7)8/h3-5H,1H2. The first-order valence-electron chi connectivity index (χ1n) is 1.96. The van der Waals surface area contributed by atoms with Crippen LogP contribution in [-0.4, -0.2) is 12.6 Å². The molecule has 46 valence electrons. The van der Waals surface area contributed by atoms with Gasteiger partial charge in [0.25, 0.3) is 6.43 Å². The summed E-state index contributed by atoms with van der Waals surface area (Å²) in [6.07, 6.45) is -4.58. The third-order valence-electron chi connectivity index (χ3n) is 0.518. The predicted octanol–water partition coefficient (Wildman–Crippen LogP) is 1.93. The Hall–Kier alpha value is -0.690. The van der Waals surface area contributed by atoms with Crippen LogP contribution in [0.25, 0.3) is 0 Å². The smallest absolute Gasteiger partial charge is 0.236 e. The summed E-state index contributed by atoms with van der Waals surface area (Å²) in [7, 11) is 0. The summed E-state index contributed by atoms with van der Waals surface area (Å²) >= 11 is 0. The van der Waals surface area contributed by atoms with Crippen molar-refractivity contribution < 1.29 is 13.2 Å². The molecule has 0 heterocycles. The Morgan fingerprint density at radius 1 is 1.38 bits per heavy atom. The van der Waals surface area contributed by atoms with E-state index in [0.717, 1.165) is 0 Å². The highest BCUT2D eigenvalue weighted by molar-refractivity contribution is 4.85. The molecule has 0 aliphatic rings. The minimum Gasteiger partial charge on any atom is -0.236 e. The van der Waals surface area contributed by atoms with E-state index in [2.05, 4.69) is 6.58 Å². The molecule has 0 fully saturated rings. The molecule has 1 unspecified atom stereocenters. The molecule has 0 amide bonds. The predicted molar refractivity (Wildman–Crippen MR) is 24.6 cm³/mol. The average molecular weight is 122 g/mol. The third-order valence-corrected chi connectivity index (χ3v) is 0.518. The Labute approximate surface area is 45.3 Å². The van der Waals surface area contributed by atoms with Crippen LogP contribution in [0.5, 0.6) is 0 Å². The molecule has 0 rings (SSSR count). The van der Waals surface area contributed by atoms with Crippen molar-refractivity contribution in [2.45, 2.75) is 12.6 Å². The van der Waals surface area contributed by atoms with E-state index < -0.39 is 12.6 Å². The molecule has 0 N–H and O–H groups in total. The SMILES string of the molecule is C=C=CC(F)C(F)F. The summed E-state index contributed by atoms with van der Waals surface area (Å²) in [5.74, 6) is 0. The fourth-order valence-corrected chi connectivity index (χ4v) is 0.185. The van der Waals surface area contributed by atoms with Gasteiger partial charge in [-0.3, -0.25) is 0 Å². The maximum atomic E-state index is 11.6. The van der Waals surface area contributed by atoms with Gasteiger partial charge in [-0.15, -0.1) is 5.73 Å². The fraction of sp³-hybridized carbons (Fsp3) is 0.400. The second-order valence-electron chi connectivity index (χ2n) is 1.15. The largest absolute Gasteiger partial charge is 0.273 e. The lowest BCUT2D eigenvalue weighted by Gasteiger charge is -1.95. The monoisotopic (exact) mass is 122 g/mol. The van der Waals surface area contributed by atoms with Gasteiger partial charge in [0.1, 0.15) is 0 Å². The molecule has 3 heteroatoms. The Kier molecular flexibility index (Phi) is 3.04. The van der Waals surface area contributed by atoms with Crippen LogP contribution < -0.4 is 0 Å². The molecular formula is C5H5F3. The normalized spacial score (nSPS) is 13.0. The van der Waals surface area contributed by atoms with Crippen LogP contribution in [0.1, 0.15) is 0 Å². The van der Waals surface area contributed by atoms with Gasteiger partial charge in [-0.25, -0.2) is 13.2 Å². The summed E-state index contributed by atoms with van der Waals surface area (Å²) < 4.78 is 33.9. The maximum Gasteiger partial charge on any atom is 0.273 e. The molecule has 0 aliphatic carbocycles. The van der Waals surface area contributed by atoms with Crippen molar-refractivity contribution in [2.24, 2.45) is 0 Å². The van der Waals surface area contributed by atoms with Crippen molar-refractivity contribution in [3.05, 3.63) is 18.4 Å². The van der Waals surface area contributed by atoms with Crippen molar-refractivity contribution in [3.63, 3.8) is 0 Å². The summed E-state index contributed by atoms with van der Waals surface area (Å²) in [6, 6.07) is 0. The average Bonchev–Trinajstić information content (AvgIpc) is 1.67. The highest BCUT2D eigenvalue weighted by atomic mass is 19.3. The molecule has 0 saturated heterocycles. The molecule has 0 spiro atoms. The van der Waals surface area contributed by atoms with E-state index in [9.17, 15) is 13.2 Å². The van der Waals surface area contributed by atoms with E-state index in [-0.39, 0.29) is 0 Å².